The monoisotopic (exact) mass is 413 g/mol. The van der Waals surface area contributed by atoms with Crippen LogP contribution < -0.4 is 10.2 Å². The fraction of sp³-hybridized carbons (Fsp3) is 0.591. The normalized spacial score (nSPS) is 25.1. The zero-order chi connectivity index (χ0) is 20.4. The molecule has 2 atom stereocenters. The van der Waals surface area contributed by atoms with Gasteiger partial charge in [-0.2, -0.15) is 0 Å². The number of aromatic nitrogens is 2. The van der Waals surface area contributed by atoms with Gasteiger partial charge in [-0.05, 0) is 43.3 Å². The summed E-state index contributed by atoms with van der Waals surface area (Å²) < 4.78 is 0. The first kappa shape index (κ1) is 20.3. The van der Waals surface area contributed by atoms with Crippen LogP contribution in [0.15, 0.2) is 29.9 Å². The molecule has 0 aliphatic carbocycles. The number of likely N-dealkylation sites (tertiary alicyclic amines) is 1. The maximum atomic E-state index is 12.5. The second-order valence-corrected chi connectivity index (χ2v) is 9.92. The van der Waals surface area contributed by atoms with Crippen LogP contribution in [-0.4, -0.2) is 53.0 Å². The van der Waals surface area contributed by atoms with E-state index in [-0.39, 0.29) is 23.3 Å². The molecule has 0 bridgehead atoms. The van der Waals surface area contributed by atoms with Gasteiger partial charge in [0.25, 0.3) is 0 Å². The van der Waals surface area contributed by atoms with Crippen LogP contribution >= 0.6 is 11.3 Å². The van der Waals surface area contributed by atoms with Gasteiger partial charge in [0.2, 0.25) is 11.9 Å². The molecular weight excluding hydrogens is 382 g/mol. The Morgan fingerprint density at radius 3 is 2.79 bits per heavy atom. The van der Waals surface area contributed by atoms with Crippen LogP contribution in [0.25, 0.3) is 0 Å². The molecule has 2 aliphatic heterocycles. The second-order valence-electron chi connectivity index (χ2n) is 8.89. The number of amides is 1. The van der Waals surface area contributed by atoms with Crippen LogP contribution in [0, 0.1) is 18.3 Å². The standard InChI is InChI=1S/C22H31N5OS/c1-16(2)20(28)25-19-6-8-27(21-23-11-17(3)12-24-21)15-22(19)7-9-26(14-22)13-18-5-4-10-29-18/h4-5,10-12,16,19H,6-9,13-15H2,1-3H3,(H,25,28)/t19-,22-/m1/s1. The number of aryl methyl sites for hydroxylation is 1. The van der Waals surface area contributed by atoms with Crippen molar-refractivity contribution in [1.29, 1.82) is 0 Å². The van der Waals surface area contributed by atoms with Gasteiger partial charge < -0.3 is 10.2 Å². The Morgan fingerprint density at radius 1 is 1.31 bits per heavy atom. The Labute approximate surface area is 177 Å². The number of nitrogens with one attached hydrogen (secondary N) is 1. The van der Waals surface area contributed by atoms with Gasteiger partial charge in [-0.15, -0.1) is 11.3 Å². The summed E-state index contributed by atoms with van der Waals surface area (Å²) in [6.07, 6.45) is 5.80. The number of hydrogen-bond donors (Lipinski definition) is 1. The Kier molecular flexibility index (Phi) is 5.88. The molecule has 29 heavy (non-hydrogen) atoms. The molecule has 2 aliphatic rings. The van der Waals surface area contributed by atoms with Crippen LogP contribution in [0.2, 0.25) is 0 Å². The van der Waals surface area contributed by atoms with Crippen molar-refractivity contribution in [3.05, 3.63) is 40.3 Å². The van der Waals surface area contributed by atoms with Crippen molar-refractivity contribution >= 4 is 23.2 Å². The summed E-state index contributed by atoms with van der Waals surface area (Å²) in [7, 11) is 0. The summed E-state index contributed by atoms with van der Waals surface area (Å²) in [6, 6.07) is 4.53. The van der Waals surface area contributed by atoms with E-state index in [0.717, 1.165) is 57.1 Å². The van der Waals surface area contributed by atoms with Crippen molar-refractivity contribution in [3.63, 3.8) is 0 Å². The maximum Gasteiger partial charge on any atom is 0.225 e. The lowest BCUT2D eigenvalue weighted by molar-refractivity contribution is -0.125. The number of hydrogen-bond acceptors (Lipinski definition) is 6. The van der Waals surface area contributed by atoms with Crippen LogP contribution in [0.4, 0.5) is 5.95 Å². The fourth-order valence-corrected chi connectivity index (χ4v) is 5.35. The molecule has 2 aromatic rings. The first-order valence-electron chi connectivity index (χ1n) is 10.5. The van der Waals surface area contributed by atoms with Crippen molar-refractivity contribution < 1.29 is 4.79 Å². The third kappa shape index (κ3) is 4.46. The summed E-state index contributed by atoms with van der Waals surface area (Å²) in [4.78, 5) is 27.9. The largest absolute Gasteiger partial charge is 0.352 e. The van der Waals surface area contributed by atoms with Crippen molar-refractivity contribution in [2.24, 2.45) is 11.3 Å². The predicted molar refractivity (Wildman–Crippen MR) is 117 cm³/mol. The Morgan fingerprint density at radius 2 is 2.10 bits per heavy atom. The Balaban J connectivity index is 1.53. The fourth-order valence-electron chi connectivity index (χ4n) is 4.60. The van der Waals surface area contributed by atoms with Gasteiger partial charge >= 0.3 is 0 Å². The van der Waals surface area contributed by atoms with Crippen molar-refractivity contribution in [1.82, 2.24) is 20.2 Å². The highest BCUT2D eigenvalue weighted by atomic mass is 32.1. The molecule has 2 aromatic heterocycles. The highest BCUT2D eigenvalue weighted by Gasteiger charge is 2.49. The van der Waals surface area contributed by atoms with E-state index >= 15 is 0 Å². The van der Waals surface area contributed by atoms with Crippen molar-refractivity contribution in [3.8, 4) is 0 Å². The Hall–Kier alpha value is -1.99. The number of thiophene rings is 1. The van der Waals surface area contributed by atoms with Gasteiger partial charge in [0.15, 0.2) is 0 Å². The Bertz CT molecular complexity index is 822. The minimum absolute atomic E-state index is 0.00846. The summed E-state index contributed by atoms with van der Waals surface area (Å²) in [5, 5.41) is 5.52. The molecule has 156 valence electrons. The molecule has 0 saturated carbocycles. The minimum atomic E-state index is 0.00846. The molecule has 0 radical (unpaired) electrons. The lowest BCUT2D eigenvalue weighted by Gasteiger charge is -2.46. The van der Waals surface area contributed by atoms with Crippen molar-refractivity contribution in [2.75, 3.05) is 31.1 Å². The molecule has 4 rings (SSSR count). The van der Waals surface area contributed by atoms with E-state index in [1.807, 2.05) is 44.5 Å². The SMILES string of the molecule is Cc1cnc(N2CC[C@@H](NC(=O)C(C)C)[C@@]3(CCN(Cc4cccs4)C3)C2)nc1. The molecule has 0 unspecified atom stereocenters. The van der Waals surface area contributed by atoms with E-state index in [4.69, 9.17) is 0 Å². The zero-order valence-corrected chi connectivity index (χ0v) is 18.4. The summed E-state index contributed by atoms with van der Waals surface area (Å²) in [5.41, 5.74) is 1.11. The van der Waals surface area contributed by atoms with E-state index in [9.17, 15) is 4.79 Å². The molecule has 1 spiro atoms. The van der Waals surface area contributed by atoms with Gasteiger partial charge in [0, 0.05) is 60.8 Å². The van der Waals surface area contributed by atoms with E-state index < -0.39 is 0 Å². The highest BCUT2D eigenvalue weighted by molar-refractivity contribution is 7.09. The maximum absolute atomic E-state index is 12.5. The highest BCUT2D eigenvalue weighted by Crippen LogP contribution is 2.41. The average molecular weight is 414 g/mol. The molecule has 2 saturated heterocycles. The van der Waals surface area contributed by atoms with Crippen LogP contribution in [0.1, 0.15) is 37.1 Å². The second kappa shape index (κ2) is 8.40. The molecular formula is C22H31N5OS. The number of anilines is 1. The van der Waals surface area contributed by atoms with Gasteiger partial charge in [-0.1, -0.05) is 19.9 Å². The summed E-state index contributed by atoms with van der Waals surface area (Å²) >= 11 is 1.82. The third-order valence-electron chi connectivity index (χ3n) is 6.25. The molecule has 2 fully saturated rings. The van der Waals surface area contributed by atoms with E-state index in [2.05, 4.69) is 42.6 Å². The number of nitrogens with zero attached hydrogens (tertiary/aromatic N) is 4. The molecule has 4 heterocycles. The zero-order valence-electron chi connectivity index (χ0n) is 17.6. The summed E-state index contributed by atoms with van der Waals surface area (Å²) in [6.45, 7) is 10.8. The van der Waals surface area contributed by atoms with Crippen LogP contribution in [-0.2, 0) is 11.3 Å². The number of carbonyl (C=O) groups excluding carboxylic acids is 1. The molecule has 1 amide bonds. The minimum Gasteiger partial charge on any atom is -0.352 e. The third-order valence-corrected chi connectivity index (χ3v) is 7.11. The molecule has 1 N–H and O–H groups in total. The van der Waals surface area contributed by atoms with Gasteiger partial charge in [-0.25, -0.2) is 9.97 Å². The van der Waals surface area contributed by atoms with Gasteiger partial charge in [0.1, 0.15) is 0 Å². The number of rotatable bonds is 5. The van der Waals surface area contributed by atoms with Gasteiger partial charge in [-0.3, -0.25) is 9.69 Å². The summed E-state index contributed by atoms with van der Waals surface area (Å²) in [5.74, 6) is 0.973. The lowest BCUT2D eigenvalue weighted by atomic mass is 9.74. The smallest absolute Gasteiger partial charge is 0.225 e. The topological polar surface area (TPSA) is 61.4 Å². The van der Waals surface area contributed by atoms with E-state index in [1.165, 1.54) is 4.88 Å². The van der Waals surface area contributed by atoms with E-state index in [1.54, 1.807) is 0 Å². The van der Waals surface area contributed by atoms with Crippen LogP contribution in [0.3, 0.4) is 0 Å². The molecule has 7 heteroatoms. The average Bonchev–Trinajstić information content (AvgIpc) is 3.35. The van der Waals surface area contributed by atoms with Gasteiger partial charge in [0.05, 0.1) is 0 Å². The lowest BCUT2D eigenvalue weighted by Crippen LogP contribution is -2.60. The predicted octanol–water partition coefficient (Wildman–Crippen LogP) is 3.09. The van der Waals surface area contributed by atoms with Crippen molar-refractivity contribution in [2.45, 2.75) is 46.2 Å². The van der Waals surface area contributed by atoms with Crippen LogP contribution in [0.5, 0.6) is 0 Å². The van der Waals surface area contributed by atoms with E-state index in [0.29, 0.717) is 0 Å². The number of carbonyl (C=O) groups is 1. The molecule has 0 aromatic carbocycles. The first-order chi connectivity index (χ1) is 13.9. The number of piperidine rings is 1. The molecule has 6 nitrogen and oxygen atoms in total. The first-order valence-corrected chi connectivity index (χ1v) is 11.4. The quantitative estimate of drug-likeness (QED) is 0.816.